The van der Waals surface area contributed by atoms with Gasteiger partial charge in [-0.15, -0.1) is 0 Å². The smallest absolute Gasteiger partial charge is 0.419 e. The van der Waals surface area contributed by atoms with Crippen molar-refractivity contribution >= 4 is 34.3 Å². The van der Waals surface area contributed by atoms with E-state index in [-0.39, 0.29) is 55.3 Å². The molecule has 0 bridgehead atoms. The zero-order valence-corrected chi connectivity index (χ0v) is 25.6. The minimum atomic E-state index is -4.86. The molecule has 1 amide bonds. The lowest BCUT2D eigenvalue weighted by molar-refractivity contribution is -0.253. The van der Waals surface area contributed by atoms with Crippen LogP contribution in [0.4, 0.5) is 24.7 Å². The van der Waals surface area contributed by atoms with Crippen LogP contribution in [0.1, 0.15) is 55.5 Å². The number of carbonyl (C=O) groups excluding carboxylic acids is 2. The summed E-state index contributed by atoms with van der Waals surface area (Å²) in [4.78, 5) is 42.3. The fourth-order valence-corrected chi connectivity index (χ4v) is 5.88. The second-order valence-corrected chi connectivity index (χ2v) is 12.4. The Balaban J connectivity index is 1.40. The van der Waals surface area contributed by atoms with E-state index >= 15 is 0 Å². The summed E-state index contributed by atoms with van der Waals surface area (Å²) >= 11 is 0. The number of rotatable bonds is 8. The average Bonchev–Trinajstić information content (AvgIpc) is 3.59. The molecule has 2 fully saturated rings. The number of likely N-dealkylation sites (tertiary alicyclic amines) is 1. The van der Waals surface area contributed by atoms with E-state index in [9.17, 15) is 37.9 Å². The number of hydrogen-bond acceptors (Lipinski definition) is 9. The first-order chi connectivity index (χ1) is 21.7. The molecule has 2 saturated heterocycles. The molecular weight excluding hydrogens is 609 g/mol. The van der Waals surface area contributed by atoms with Gasteiger partial charge in [-0.2, -0.15) is 23.5 Å². The highest BCUT2D eigenvalue weighted by Gasteiger charge is 2.58. The number of halogens is 3. The number of pyridine rings is 1. The first kappa shape index (κ1) is 33.0. The Bertz CT molecular complexity index is 1740. The molecule has 4 heterocycles. The van der Waals surface area contributed by atoms with E-state index in [1.165, 1.54) is 18.3 Å². The zero-order valence-electron chi connectivity index (χ0n) is 25.6. The van der Waals surface area contributed by atoms with Crippen LogP contribution in [0.5, 0.6) is 0 Å². The number of β-amino-alcohol motifs (C(OH)–C–C–N with tert-alkyl or cyclic N) is 1. The number of aliphatic hydroxyl groups is 1. The number of hydrogen-bond donors (Lipinski definition) is 3. The molecule has 2 unspecified atom stereocenters. The van der Waals surface area contributed by atoms with Crippen LogP contribution in [-0.4, -0.2) is 80.8 Å². The summed E-state index contributed by atoms with van der Waals surface area (Å²) in [7, 11) is 0. The summed E-state index contributed by atoms with van der Waals surface area (Å²) in [5.74, 6) is -0.782. The maximum Gasteiger partial charge on any atom is 0.419 e. The number of nitriles is 1. The number of esters is 1. The van der Waals surface area contributed by atoms with Crippen molar-refractivity contribution in [1.29, 1.82) is 5.26 Å². The predicted molar refractivity (Wildman–Crippen MR) is 159 cm³/mol. The molecule has 15 heteroatoms. The molecule has 0 saturated carbocycles. The normalized spacial score (nSPS) is 23.5. The number of nitrogens with one attached hydrogen (secondary N) is 2. The number of carbonyl (C=O) groups is 2. The predicted octanol–water partition coefficient (Wildman–Crippen LogP) is 3.90. The summed E-state index contributed by atoms with van der Waals surface area (Å²) in [6.07, 6.45) is -4.18. The van der Waals surface area contributed by atoms with Gasteiger partial charge in [0, 0.05) is 30.4 Å². The van der Waals surface area contributed by atoms with Gasteiger partial charge in [-0.05, 0) is 55.5 Å². The molecule has 3 N–H and O–H groups in total. The number of alkyl halides is 3. The molecule has 3 atom stereocenters. The number of nitrogens with zero attached hydrogens (tertiary/aromatic N) is 4. The fraction of sp³-hybridized carbons (Fsp3) is 0.516. The number of H-pyrrole nitrogens is 1. The van der Waals surface area contributed by atoms with Crippen molar-refractivity contribution < 1.29 is 37.3 Å². The molecule has 3 aromatic rings. The maximum atomic E-state index is 13.3. The van der Waals surface area contributed by atoms with Crippen molar-refractivity contribution in [3.63, 3.8) is 0 Å². The number of aryl methyl sites for hydroxylation is 1. The van der Waals surface area contributed by atoms with Crippen molar-refractivity contribution in [2.45, 2.75) is 69.9 Å². The Morgan fingerprint density at radius 1 is 1.30 bits per heavy atom. The van der Waals surface area contributed by atoms with Crippen molar-refractivity contribution in [2.75, 3.05) is 31.6 Å². The van der Waals surface area contributed by atoms with Crippen LogP contribution in [0.3, 0.4) is 0 Å². The summed E-state index contributed by atoms with van der Waals surface area (Å²) in [5, 5.41) is 27.8. The molecule has 2 aromatic heterocycles. The van der Waals surface area contributed by atoms with Crippen LogP contribution in [0.15, 0.2) is 35.3 Å². The SMILES string of the molecule is Cc1cc(Nc2nn([C@]3(CC#N)CCC(C(=O)OCC(C)C)OC3)c3cc[nH]c(=O)c23)ccc1C(=O)N1CCC(O)(C(F)(F)F)C1. The first-order valence-corrected chi connectivity index (χ1v) is 14.9. The van der Waals surface area contributed by atoms with Gasteiger partial charge < -0.3 is 29.8 Å². The average molecular weight is 645 g/mol. The van der Waals surface area contributed by atoms with Gasteiger partial charge in [0.25, 0.3) is 11.5 Å². The van der Waals surface area contributed by atoms with Crippen molar-refractivity contribution in [2.24, 2.45) is 5.92 Å². The number of aromatic nitrogens is 3. The van der Waals surface area contributed by atoms with E-state index in [4.69, 9.17) is 14.6 Å². The molecule has 2 aliphatic rings. The number of anilines is 2. The molecule has 0 radical (unpaired) electrons. The number of aromatic amines is 1. The molecule has 246 valence electrons. The lowest BCUT2D eigenvalue weighted by atomic mass is 9.87. The molecule has 12 nitrogen and oxygen atoms in total. The lowest BCUT2D eigenvalue weighted by Gasteiger charge is -2.38. The van der Waals surface area contributed by atoms with E-state index in [2.05, 4.69) is 16.4 Å². The second kappa shape index (κ2) is 12.4. The highest BCUT2D eigenvalue weighted by atomic mass is 19.4. The largest absolute Gasteiger partial charge is 0.463 e. The van der Waals surface area contributed by atoms with Crippen molar-refractivity contribution in [3.05, 3.63) is 51.9 Å². The Hall–Kier alpha value is -4.42. The van der Waals surface area contributed by atoms with Gasteiger partial charge in [-0.25, -0.2) is 4.79 Å². The molecule has 0 spiro atoms. The van der Waals surface area contributed by atoms with E-state index in [1.54, 1.807) is 23.7 Å². The summed E-state index contributed by atoms with van der Waals surface area (Å²) < 4.78 is 52.7. The van der Waals surface area contributed by atoms with Crippen molar-refractivity contribution in [3.8, 4) is 6.07 Å². The molecule has 46 heavy (non-hydrogen) atoms. The third-order valence-corrected chi connectivity index (χ3v) is 8.49. The number of amides is 1. The number of benzene rings is 1. The van der Waals surface area contributed by atoms with Crippen LogP contribution < -0.4 is 10.9 Å². The van der Waals surface area contributed by atoms with Crippen LogP contribution in [0, 0.1) is 24.2 Å². The fourth-order valence-electron chi connectivity index (χ4n) is 5.88. The Kier molecular flexibility index (Phi) is 8.89. The topological polar surface area (TPSA) is 163 Å². The molecule has 1 aromatic carbocycles. The van der Waals surface area contributed by atoms with Gasteiger partial charge in [-0.1, -0.05) is 13.8 Å². The van der Waals surface area contributed by atoms with Gasteiger partial charge in [0.1, 0.15) is 5.39 Å². The van der Waals surface area contributed by atoms with E-state index in [0.717, 1.165) is 4.90 Å². The van der Waals surface area contributed by atoms with Crippen molar-refractivity contribution in [1.82, 2.24) is 19.7 Å². The second-order valence-electron chi connectivity index (χ2n) is 12.4. The van der Waals surface area contributed by atoms with Gasteiger partial charge >= 0.3 is 12.1 Å². The monoisotopic (exact) mass is 644 g/mol. The number of ether oxygens (including phenoxy) is 2. The van der Waals surface area contributed by atoms with E-state index < -0.39 is 53.8 Å². The van der Waals surface area contributed by atoms with Crippen LogP contribution in [-0.2, 0) is 19.8 Å². The third kappa shape index (κ3) is 6.19. The third-order valence-electron chi connectivity index (χ3n) is 8.49. The van der Waals surface area contributed by atoms with Crippen LogP contribution >= 0.6 is 0 Å². The highest BCUT2D eigenvalue weighted by Crippen LogP contribution is 2.39. The maximum absolute atomic E-state index is 13.3. The molecule has 2 aliphatic heterocycles. The summed E-state index contributed by atoms with van der Waals surface area (Å²) in [6, 6.07) is 8.43. The van der Waals surface area contributed by atoms with Crippen LogP contribution in [0.25, 0.3) is 10.9 Å². The van der Waals surface area contributed by atoms with Gasteiger partial charge in [0.2, 0.25) is 0 Å². The van der Waals surface area contributed by atoms with E-state index in [0.29, 0.717) is 23.2 Å². The molecule has 0 aliphatic carbocycles. The highest BCUT2D eigenvalue weighted by molar-refractivity contribution is 5.97. The zero-order chi connectivity index (χ0) is 33.4. The van der Waals surface area contributed by atoms with Gasteiger partial charge in [-0.3, -0.25) is 14.3 Å². The Morgan fingerprint density at radius 3 is 2.67 bits per heavy atom. The van der Waals surface area contributed by atoms with Crippen LogP contribution in [0.2, 0.25) is 0 Å². The minimum Gasteiger partial charge on any atom is -0.463 e. The quantitative estimate of drug-likeness (QED) is 0.309. The first-order valence-electron chi connectivity index (χ1n) is 14.9. The van der Waals surface area contributed by atoms with E-state index in [1.807, 2.05) is 13.8 Å². The standard InChI is InChI=1S/C31H35F3N6O6/c1-18(2)15-45-28(43)23-6-8-29(9-11-35,17-46-23)40-22-7-12-36-26(41)24(22)25(38-40)37-20-4-5-21(19(3)14-20)27(42)39-13-10-30(44,16-39)31(32,33)34/h4-5,7,12,14,18,23,44H,6,8-10,13,15-17H2,1-3H3,(H,36,41)(H,37,38)/t23?,29-,30?/m0/s1. The lowest BCUT2D eigenvalue weighted by Crippen LogP contribution is -2.48. The Labute approximate surface area is 262 Å². The Morgan fingerprint density at radius 2 is 2.07 bits per heavy atom. The minimum absolute atomic E-state index is 0.0142. The van der Waals surface area contributed by atoms with Gasteiger partial charge in [0.05, 0.1) is 43.3 Å². The molecular formula is C31H35F3N6O6. The summed E-state index contributed by atoms with van der Waals surface area (Å²) in [6.45, 7) is 4.61. The molecule has 5 rings (SSSR count). The number of fused-ring (bicyclic) bond motifs is 1. The summed E-state index contributed by atoms with van der Waals surface area (Å²) in [5.41, 5.74) is -2.89. The van der Waals surface area contributed by atoms with Gasteiger partial charge in [0.15, 0.2) is 17.5 Å².